The average Bonchev–Trinajstić information content (AvgIpc) is 2.17. The highest BCUT2D eigenvalue weighted by atomic mass is 32.2. The molecule has 0 spiro atoms. The third-order valence-corrected chi connectivity index (χ3v) is 4.28. The van der Waals surface area contributed by atoms with Gasteiger partial charge in [0.15, 0.2) is 0 Å². The molecule has 0 atom stereocenters. The van der Waals surface area contributed by atoms with E-state index in [9.17, 15) is 0 Å². The molecule has 2 rings (SSSR count). The van der Waals surface area contributed by atoms with Crippen LogP contribution < -0.4 is 5.32 Å². The summed E-state index contributed by atoms with van der Waals surface area (Å²) in [6.07, 6.45) is 2.80. The van der Waals surface area contributed by atoms with Crippen LogP contribution in [-0.4, -0.2) is 48.6 Å². The minimum Gasteiger partial charge on any atom is -0.313 e. The van der Waals surface area contributed by atoms with E-state index in [4.69, 9.17) is 0 Å². The maximum absolute atomic E-state index is 3.65. The molecule has 3 heteroatoms. The molecule has 1 heterocycles. The van der Waals surface area contributed by atoms with Gasteiger partial charge in [-0.1, -0.05) is 6.92 Å². The van der Waals surface area contributed by atoms with Crippen molar-refractivity contribution in [3.63, 3.8) is 0 Å². The van der Waals surface area contributed by atoms with Crippen LogP contribution in [0.3, 0.4) is 0 Å². The van der Waals surface area contributed by atoms with Gasteiger partial charge >= 0.3 is 0 Å². The van der Waals surface area contributed by atoms with E-state index >= 15 is 0 Å². The second-order valence-corrected chi connectivity index (χ2v) is 5.91. The van der Waals surface area contributed by atoms with E-state index < -0.39 is 0 Å². The van der Waals surface area contributed by atoms with Crippen LogP contribution in [0.4, 0.5) is 0 Å². The van der Waals surface area contributed by atoms with E-state index in [1.807, 2.05) is 0 Å². The molecule has 2 aliphatic rings. The highest BCUT2D eigenvalue weighted by Gasteiger charge is 2.24. The van der Waals surface area contributed by atoms with Crippen molar-refractivity contribution in [2.24, 2.45) is 5.92 Å². The van der Waals surface area contributed by atoms with Gasteiger partial charge in [0.25, 0.3) is 0 Å². The number of rotatable bonds is 4. The maximum atomic E-state index is 3.65. The van der Waals surface area contributed by atoms with Gasteiger partial charge in [0.05, 0.1) is 0 Å². The SMILES string of the molecule is CC1CC(NCCN2CCSCC2)C1. The second-order valence-electron chi connectivity index (χ2n) is 4.68. The summed E-state index contributed by atoms with van der Waals surface area (Å²) in [5, 5.41) is 3.65. The minimum atomic E-state index is 0.837. The van der Waals surface area contributed by atoms with E-state index in [-0.39, 0.29) is 0 Å². The van der Waals surface area contributed by atoms with Gasteiger partial charge in [0, 0.05) is 43.7 Å². The number of hydrogen-bond acceptors (Lipinski definition) is 3. The zero-order chi connectivity index (χ0) is 9.80. The summed E-state index contributed by atoms with van der Waals surface area (Å²) in [5.41, 5.74) is 0. The predicted molar refractivity (Wildman–Crippen MR) is 64.0 cm³/mol. The van der Waals surface area contributed by atoms with Crippen LogP contribution in [0.15, 0.2) is 0 Å². The molecule has 0 bridgehead atoms. The van der Waals surface area contributed by atoms with Crippen LogP contribution >= 0.6 is 11.8 Å². The summed E-state index contributed by atoms with van der Waals surface area (Å²) >= 11 is 2.09. The lowest BCUT2D eigenvalue weighted by Gasteiger charge is -2.34. The van der Waals surface area contributed by atoms with Crippen molar-refractivity contribution in [2.75, 3.05) is 37.7 Å². The third kappa shape index (κ3) is 3.14. The molecule has 82 valence electrons. The standard InChI is InChI=1S/C11H22N2S/c1-10-8-11(9-10)12-2-3-13-4-6-14-7-5-13/h10-12H,2-9H2,1H3. The van der Waals surface area contributed by atoms with Gasteiger partial charge in [-0.15, -0.1) is 0 Å². The Hall–Kier alpha value is 0.270. The smallest absolute Gasteiger partial charge is 0.0108 e. The molecular formula is C11H22N2S. The summed E-state index contributed by atoms with van der Waals surface area (Å²) in [5.74, 6) is 3.64. The molecule has 14 heavy (non-hydrogen) atoms. The van der Waals surface area contributed by atoms with Crippen LogP contribution in [0.25, 0.3) is 0 Å². The van der Waals surface area contributed by atoms with Crippen molar-refractivity contribution in [1.82, 2.24) is 10.2 Å². The van der Waals surface area contributed by atoms with Crippen LogP contribution in [0.1, 0.15) is 19.8 Å². The molecule has 1 aliphatic heterocycles. The first kappa shape index (κ1) is 10.8. The number of nitrogens with zero attached hydrogens (tertiary/aromatic N) is 1. The van der Waals surface area contributed by atoms with Gasteiger partial charge in [-0.05, 0) is 18.8 Å². The zero-order valence-electron chi connectivity index (χ0n) is 9.17. The molecule has 1 aliphatic carbocycles. The van der Waals surface area contributed by atoms with E-state index in [1.54, 1.807) is 0 Å². The molecule has 1 saturated heterocycles. The van der Waals surface area contributed by atoms with Gasteiger partial charge in [0.1, 0.15) is 0 Å². The highest BCUT2D eigenvalue weighted by molar-refractivity contribution is 7.99. The Morgan fingerprint density at radius 3 is 2.64 bits per heavy atom. The number of hydrogen-bond donors (Lipinski definition) is 1. The lowest BCUT2D eigenvalue weighted by Crippen LogP contribution is -2.44. The minimum absolute atomic E-state index is 0.837. The Morgan fingerprint density at radius 2 is 2.00 bits per heavy atom. The summed E-state index contributed by atoms with van der Waals surface area (Å²) in [7, 11) is 0. The molecule has 0 aromatic rings. The molecule has 0 unspecified atom stereocenters. The monoisotopic (exact) mass is 214 g/mol. The van der Waals surface area contributed by atoms with Crippen molar-refractivity contribution >= 4 is 11.8 Å². The van der Waals surface area contributed by atoms with Crippen molar-refractivity contribution in [1.29, 1.82) is 0 Å². The molecule has 0 radical (unpaired) electrons. The third-order valence-electron chi connectivity index (χ3n) is 3.34. The fraction of sp³-hybridized carbons (Fsp3) is 1.00. The zero-order valence-corrected chi connectivity index (χ0v) is 9.98. The Balaban J connectivity index is 1.50. The molecule has 1 saturated carbocycles. The number of thioether (sulfide) groups is 1. The lowest BCUT2D eigenvalue weighted by molar-refractivity contribution is 0.225. The van der Waals surface area contributed by atoms with Crippen LogP contribution in [0.2, 0.25) is 0 Å². The fourth-order valence-corrected chi connectivity index (χ4v) is 3.30. The van der Waals surface area contributed by atoms with E-state index in [0.717, 1.165) is 12.0 Å². The Morgan fingerprint density at radius 1 is 1.29 bits per heavy atom. The maximum Gasteiger partial charge on any atom is 0.0108 e. The largest absolute Gasteiger partial charge is 0.313 e. The highest BCUT2D eigenvalue weighted by Crippen LogP contribution is 2.25. The summed E-state index contributed by atoms with van der Waals surface area (Å²) < 4.78 is 0. The first-order valence-corrected chi connectivity index (χ1v) is 7.03. The molecular weight excluding hydrogens is 192 g/mol. The molecule has 0 amide bonds. The van der Waals surface area contributed by atoms with Crippen LogP contribution in [0.5, 0.6) is 0 Å². The van der Waals surface area contributed by atoms with Gasteiger partial charge < -0.3 is 10.2 Å². The Bertz CT molecular complexity index is 163. The second kappa shape index (κ2) is 5.38. The lowest BCUT2D eigenvalue weighted by atomic mass is 9.82. The number of nitrogens with one attached hydrogen (secondary N) is 1. The Kier molecular flexibility index (Phi) is 4.14. The summed E-state index contributed by atoms with van der Waals surface area (Å²) in [4.78, 5) is 2.59. The molecule has 0 aromatic carbocycles. The van der Waals surface area contributed by atoms with E-state index in [2.05, 4.69) is 28.9 Å². The first-order chi connectivity index (χ1) is 6.84. The molecule has 0 aromatic heterocycles. The predicted octanol–water partition coefficient (Wildman–Crippen LogP) is 1.42. The van der Waals surface area contributed by atoms with Crippen molar-refractivity contribution in [2.45, 2.75) is 25.8 Å². The quantitative estimate of drug-likeness (QED) is 0.762. The van der Waals surface area contributed by atoms with Crippen LogP contribution in [0, 0.1) is 5.92 Å². The molecule has 2 fully saturated rings. The normalized spacial score (nSPS) is 34.1. The van der Waals surface area contributed by atoms with Gasteiger partial charge in [-0.25, -0.2) is 0 Å². The Labute approximate surface area is 91.8 Å². The van der Waals surface area contributed by atoms with Gasteiger partial charge in [-0.2, -0.15) is 11.8 Å². The first-order valence-electron chi connectivity index (χ1n) is 5.88. The topological polar surface area (TPSA) is 15.3 Å². The van der Waals surface area contributed by atoms with Crippen molar-refractivity contribution in [3.8, 4) is 0 Å². The van der Waals surface area contributed by atoms with Crippen molar-refractivity contribution < 1.29 is 0 Å². The molecule has 2 nitrogen and oxygen atoms in total. The average molecular weight is 214 g/mol. The summed E-state index contributed by atoms with van der Waals surface area (Å²) in [6, 6.07) is 0.837. The fourth-order valence-electron chi connectivity index (χ4n) is 2.32. The van der Waals surface area contributed by atoms with E-state index in [0.29, 0.717) is 0 Å². The summed E-state index contributed by atoms with van der Waals surface area (Å²) in [6.45, 7) is 7.40. The van der Waals surface area contributed by atoms with E-state index in [1.165, 1.54) is 50.5 Å². The van der Waals surface area contributed by atoms with Crippen LogP contribution in [-0.2, 0) is 0 Å². The van der Waals surface area contributed by atoms with Crippen molar-refractivity contribution in [3.05, 3.63) is 0 Å². The molecule has 1 N–H and O–H groups in total. The van der Waals surface area contributed by atoms with Gasteiger partial charge in [-0.3, -0.25) is 0 Å². The van der Waals surface area contributed by atoms with Gasteiger partial charge in [0.2, 0.25) is 0 Å².